The summed E-state index contributed by atoms with van der Waals surface area (Å²) in [6, 6.07) is 15.6. The van der Waals surface area contributed by atoms with Gasteiger partial charge in [0.15, 0.2) is 0 Å². The lowest BCUT2D eigenvalue weighted by atomic mass is 10.0. The Balaban J connectivity index is 1.77. The summed E-state index contributed by atoms with van der Waals surface area (Å²) in [6.07, 6.45) is -0.202. The number of nitrogens with zero attached hydrogens (tertiary/aromatic N) is 1. The second-order valence-electron chi connectivity index (χ2n) is 6.32. The summed E-state index contributed by atoms with van der Waals surface area (Å²) in [5, 5.41) is 0. The first-order valence-corrected chi connectivity index (χ1v) is 9.77. The highest BCUT2D eigenvalue weighted by Crippen LogP contribution is 2.27. The van der Waals surface area contributed by atoms with Crippen molar-refractivity contribution in [3.8, 4) is 0 Å². The molecule has 5 heteroatoms. The van der Waals surface area contributed by atoms with Crippen LogP contribution in [0.25, 0.3) is 0 Å². The van der Waals surface area contributed by atoms with Crippen molar-refractivity contribution in [1.29, 1.82) is 0 Å². The van der Waals surface area contributed by atoms with Crippen LogP contribution in [-0.4, -0.2) is 32.4 Å². The fourth-order valence-corrected chi connectivity index (χ4v) is 4.62. The summed E-state index contributed by atoms with van der Waals surface area (Å²) >= 11 is 0. The normalized spacial score (nSPS) is 19.3. The van der Waals surface area contributed by atoms with Crippen molar-refractivity contribution in [2.45, 2.75) is 25.7 Å². The van der Waals surface area contributed by atoms with Crippen molar-refractivity contribution < 1.29 is 13.2 Å². The first-order chi connectivity index (χ1) is 11.5. The third kappa shape index (κ3) is 3.86. The lowest BCUT2D eigenvalue weighted by Crippen LogP contribution is -2.42. The van der Waals surface area contributed by atoms with Crippen molar-refractivity contribution in [2.24, 2.45) is 0 Å². The minimum atomic E-state index is -3.35. The van der Waals surface area contributed by atoms with Crippen molar-refractivity contribution >= 4 is 10.0 Å². The molecule has 4 nitrogen and oxygen atoms in total. The minimum absolute atomic E-state index is 0.0369. The van der Waals surface area contributed by atoms with Gasteiger partial charge in [-0.2, -0.15) is 4.31 Å². The fraction of sp³-hybridized carbons (Fsp3) is 0.368. The van der Waals surface area contributed by atoms with Crippen molar-refractivity contribution in [2.75, 3.05) is 19.7 Å². The smallest absolute Gasteiger partial charge is 0.218 e. The lowest BCUT2D eigenvalue weighted by molar-refractivity contribution is -0.00293. The van der Waals surface area contributed by atoms with Gasteiger partial charge in [0.2, 0.25) is 10.0 Å². The zero-order valence-corrected chi connectivity index (χ0v) is 14.9. The van der Waals surface area contributed by atoms with Crippen molar-refractivity contribution in [1.82, 2.24) is 4.31 Å². The quantitative estimate of drug-likeness (QED) is 0.855. The number of hydrogen-bond acceptors (Lipinski definition) is 3. The van der Waals surface area contributed by atoms with E-state index in [1.54, 1.807) is 4.31 Å². The average Bonchev–Trinajstić information content (AvgIpc) is 2.55. The van der Waals surface area contributed by atoms with Gasteiger partial charge in [0.25, 0.3) is 0 Å². The molecule has 1 aliphatic rings. The third-order valence-corrected chi connectivity index (χ3v) is 6.21. The molecule has 128 valence electrons. The average molecular weight is 345 g/mol. The van der Waals surface area contributed by atoms with E-state index in [-0.39, 0.29) is 11.9 Å². The van der Waals surface area contributed by atoms with E-state index >= 15 is 0 Å². The van der Waals surface area contributed by atoms with E-state index in [9.17, 15) is 8.42 Å². The number of ether oxygens (including phenoxy) is 1. The molecule has 2 aromatic rings. The molecule has 3 rings (SSSR count). The van der Waals surface area contributed by atoms with Crippen LogP contribution in [0.3, 0.4) is 0 Å². The van der Waals surface area contributed by atoms with Crippen LogP contribution >= 0.6 is 0 Å². The molecular weight excluding hydrogens is 322 g/mol. The molecule has 0 amide bonds. The summed E-state index contributed by atoms with van der Waals surface area (Å²) < 4.78 is 33.0. The molecule has 24 heavy (non-hydrogen) atoms. The Bertz CT molecular complexity index is 817. The van der Waals surface area contributed by atoms with Gasteiger partial charge in [-0.3, -0.25) is 0 Å². The van der Waals surface area contributed by atoms with Gasteiger partial charge >= 0.3 is 0 Å². The lowest BCUT2D eigenvalue weighted by Gasteiger charge is -2.33. The fourth-order valence-electron chi connectivity index (χ4n) is 3.12. The predicted molar refractivity (Wildman–Crippen MR) is 95.2 cm³/mol. The molecule has 1 saturated heterocycles. The van der Waals surface area contributed by atoms with E-state index in [1.807, 2.05) is 62.4 Å². The molecule has 0 radical (unpaired) electrons. The summed E-state index contributed by atoms with van der Waals surface area (Å²) in [5.74, 6) is 0.0369. The Morgan fingerprint density at radius 2 is 1.92 bits per heavy atom. The van der Waals surface area contributed by atoms with Crippen LogP contribution in [0, 0.1) is 13.8 Å². The SMILES string of the molecule is Cc1cccc(CS(=O)(=O)N2CCOC(c3ccccc3C)C2)c1. The van der Waals surface area contributed by atoms with Crippen LogP contribution in [-0.2, 0) is 20.5 Å². The second kappa shape index (κ2) is 7.05. The molecule has 0 saturated carbocycles. The number of sulfonamides is 1. The molecule has 0 aliphatic carbocycles. The van der Waals surface area contributed by atoms with Gasteiger partial charge in [-0.05, 0) is 30.5 Å². The third-order valence-electron chi connectivity index (χ3n) is 4.39. The molecule has 1 fully saturated rings. The molecule has 0 spiro atoms. The molecule has 2 aromatic carbocycles. The summed E-state index contributed by atoms with van der Waals surface area (Å²) in [7, 11) is -3.35. The molecule has 0 N–H and O–H groups in total. The Morgan fingerprint density at radius 3 is 2.67 bits per heavy atom. The van der Waals surface area contributed by atoms with E-state index in [0.717, 1.165) is 22.3 Å². The Hall–Kier alpha value is -1.69. The zero-order chi connectivity index (χ0) is 17.2. The van der Waals surface area contributed by atoms with Gasteiger partial charge < -0.3 is 4.74 Å². The van der Waals surface area contributed by atoms with E-state index in [2.05, 4.69) is 0 Å². The number of hydrogen-bond donors (Lipinski definition) is 0. The predicted octanol–water partition coefficient (Wildman–Crippen LogP) is 3.21. The maximum absolute atomic E-state index is 12.8. The van der Waals surface area contributed by atoms with Gasteiger partial charge in [0, 0.05) is 13.1 Å². The minimum Gasteiger partial charge on any atom is -0.371 e. The Morgan fingerprint density at radius 1 is 1.12 bits per heavy atom. The standard InChI is InChI=1S/C19H23NO3S/c1-15-6-5-8-17(12-15)14-24(21,22)20-10-11-23-19(13-20)18-9-4-3-7-16(18)2/h3-9,12,19H,10-11,13-14H2,1-2H3. The van der Waals surface area contributed by atoms with Gasteiger partial charge in [-0.15, -0.1) is 0 Å². The van der Waals surface area contributed by atoms with Crippen LogP contribution in [0.15, 0.2) is 48.5 Å². The van der Waals surface area contributed by atoms with Crippen LogP contribution < -0.4 is 0 Å². The maximum Gasteiger partial charge on any atom is 0.218 e. The highest BCUT2D eigenvalue weighted by Gasteiger charge is 2.30. The molecule has 1 heterocycles. The van der Waals surface area contributed by atoms with Crippen LogP contribution in [0.5, 0.6) is 0 Å². The van der Waals surface area contributed by atoms with E-state index < -0.39 is 10.0 Å². The highest BCUT2D eigenvalue weighted by molar-refractivity contribution is 7.88. The second-order valence-corrected chi connectivity index (χ2v) is 8.29. The first kappa shape index (κ1) is 17.1. The maximum atomic E-state index is 12.8. The topological polar surface area (TPSA) is 46.6 Å². The first-order valence-electron chi connectivity index (χ1n) is 8.16. The molecule has 1 unspecified atom stereocenters. The Kier molecular flexibility index (Phi) is 5.04. The number of rotatable bonds is 4. The monoisotopic (exact) mass is 345 g/mol. The van der Waals surface area contributed by atoms with Gasteiger partial charge in [0.05, 0.1) is 18.5 Å². The Labute approximate surface area is 144 Å². The van der Waals surface area contributed by atoms with Gasteiger partial charge in [-0.1, -0.05) is 54.1 Å². The van der Waals surface area contributed by atoms with Crippen LogP contribution in [0.2, 0.25) is 0 Å². The van der Waals surface area contributed by atoms with Gasteiger partial charge in [-0.25, -0.2) is 8.42 Å². The molecule has 1 aliphatic heterocycles. The zero-order valence-electron chi connectivity index (χ0n) is 14.1. The summed E-state index contributed by atoms with van der Waals surface area (Å²) in [5.41, 5.74) is 4.09. The molecule has 0 aromatic heterocycles. The largest absolute Gasteiger partial charge is 0.371 e. The van der Waals surface area contributed by atoms with Crippen molar-refractivity contribution in [3.05, 3.63) is 70.8 Å². The van der Waals surface area contributed by atoms with Crippen molar-refractivity contribution in [3.63, 3.8) is 0 Å². The van der Waals surface area contributed by atoms with E-state index in [0.29, 0.717) is 19.7 Å². The van der Waals surface area contributed by atoms with Crippen LogP contribution in [0.4, 0.5) is 0 Å². The van der Waals surface area contributed by atoms with Crippen LogP contribution in [0.1, 0.15) is 28.4 Å². The number of morpholine rings is 1. The number of benzene rings is 2. The summed E-state index contributed by atoms with van der Waals surface area (Å²) in [4.78, 5) is 0. The molecular formula is C19H23NO3S. The molecule has 0 bridgehead atoms. The highest BCUT2D eigenvalue weighted by atomic mass is 32.2. The summed E-state index contributed by atoms with van der Waals surface area (Å²) in [6.45, 7) is 5.21. The van der Waals surface area contributed by atoms with E-state index in [1.165, 1.54) is 0 Å². The molecule has 1 atom stereocenters. The number of aryl methyl sites for hydroxylation is 2. The van der Waals surface area contributed by atoms with E-state index in [4.69, 9.17) is 4.74 Å². The van der Waals surface area contributed by atoms with Gasteiger partial charge in [0.1, 0.15) is 0 Å².